The second-order valence-corrected chi connectivity index (χ2v) is 9.18. The molecule has 204 valence electrons. The third-order valence-electron chi connectivity index (χ3n) is 7.09. The fraction of sp³-hybridized carbons (Fsp3) is 0.444. The standard InChI is InChI=1S/C27H33N3O8/c1-15-20(16(2)28-22(15)27(34)37-5)24(31)21-23(17-6-7-18(35-3)19(14-17)36-4)30(26(33)25(21)32)9-8-29-10-12-38-13-11-29/h6-7,14,23,28,31H,8-13H2,1-5H3/b24-21+. The molecule has 2 saturated heterocycles. The number of nitrogens with zero attached hydrogens (tertiary/aromatic N) is 2. The molecule has 1 amide bonds. The number of methoxy groups -OCH3 is 3. The molecule has 1 aromatic carbocycles. The highest BCUT2D eigenvalue weighted by atomic mass is 16.5. The summed E-state index contributed by atoms with van der Waals surface area (Å²) in [7, 11) is 4.27. The average molecular weight is 528 g/mol. The van der Waals surface area contributed by atoms with Crippen molar-refractivity contribution in [3.63, 3.8) is 0 Å². The summed E-state index contributed by atoms with van der Waals surface area (Å²) < 4.78 is 21.1. The number of aliphatic hydroxyl groups is 1. The van der Waals surface area contributed by atoms with E-state index in [1.165, 1.54) is 26.2 Å². The lowest BCUT2D eigenvalue weighted by Crippen LogP contribution is -2.42. The number of nitrogens with one attached hydrogen (secondary N) is 1. The van der Waals surface area contributed by atoms with Gasteiger partial charge in [0.15, 0.2) is 11.5 Å². The minimum atomic E-state index is -0.883. The number of rotatable bonds is 8. The van der Waals surface area contributed by atoms with Crippen LogP contribution in [-0.4, -0.2) is 98.3 Å². The van der Waals surface area contributed by atoms with Crippen molar-refractivity contribution >= 4 is 23.4 Å². The molecule has 2 aliphatic heterocycles. The molecule has 1 unspecified atom stereocenters. The minimum absolute atomic E-state index is 0.0641. The summed E-state index contributed by atoms with van der Waals surface area (Å²) in [6, 6.07) is 4.24. The lowest BCUT2D eigenvalue weighted by Gasteiger charge is -2.31. The molecular formula is C27H33N3O8. The Morgan fingerprint density at radius 3 is 2.39 bits per heavy atom. The number of Topliss-reactive ketones (excluding diaryl/α,β-unsaturated/α-hetero) is 1. The molecule has 0 aliphatic carbocycles. The second kappa shape index (κ2) is 11.3. The number of H-pyrrole nitrogens is 1. The van der Waals surface area contributed by atoms with E-state index in [4.69, 9.17) is 18.9 Å². The van der Waals surface area contributed by atoms with E-state index in [0.29, 0.717) is 48.1 Å². The summed E-state index contributed by atoms with van der Waals surface area (Å²) in [6.07, 6.45) is 0. The molecule has 11 heteroatoms. The van der Waals surface area contributed by atoms with Crippen LogP contribution in [0.1, 0.15) is 38.9 Å². The van der Waals surface area contributed by atoms with Gasteiger partial charge in [0, 0.05) is 37.4 Å². The van der Waals surface area contributed by atoms with Crippen LogP contribution in [0.4, 0.5) is 0 Å². The van der Waals surface area contributed by atoms with E-state index in [1.54, 1.807) is 32.0 Å². The first kappa shape index (κ1) is 27.2. The van der Waals surface area contributed by atoms with Gasteiger partial charge < -0.3 is 33.9 Å². The van der Waals surface area contributed by atoms with Gasteiger partial charge in [-0.05, 0) is 37.1 Å². The summed E-state index contributed by atoms with van der Waals surface area (Å²) in [6.45, 7) is 6.78. The fourth-order valence-corrected chi connectivity index (χ4v) is 5.10. The lowest BCUT2D eigenvalue weighted by atomic mass is 9.93. The molecule has 2 N–H and O–H groups in total. The number of amides is 1. The van der Waals surface area contributed by atoms with Crippen LogP contribution in [0.25, 0.3) is 5.76 Å². The minimum Gasteiger partial charge on any atom is -0.507 e. The van der Waals surface area contributed by atoms with Crippen LogP contribution in [-0.2, 0) is 19.1 Å². The molecular weight excluding hydrogens is 494 g/mol. The number of aromatic nitrogens is 1. The predicted molar refractivity (Wildman–Crippen MR) is 137 cm³/mol. The summed E-state index contributed by atoms with van der Waals surface area (Å²) in [5, 5.41) is 11.6. The Morgan fingerprint density at radius 1 is 1.08 bits per heavy atom. The van der Waals surface area contributed by atoms with Crippen LogP contribution < -0.4 is 9.47 Å². The SMILES string of the molecule is COC(=O)c1[nH]c(C)c(/C(O)=C2\C(=O)C(=O)N(CCN3CCOCC3)C2c2ccc(OC)c(OC)c2)c1C. The van der Waals surface area contributed by atoms with Crippen LogP contribution in [0, 0.1) is 13.8 Å². The molecule has 4 rings (SSSR count). The number of likely N-dealkylation sites (tertiary alicyclic amines) is 1. The Labute approximate surface area is 220 Å². The number of ketones is 1. The van der Waals surface area contributed by atoms with Gasteiger partial charge in [0.1, 0.15) is 11.5 Å². The zero-order valence-corrected chi connectivity index (χ0v) is 22.3. The number of morpholine rings is 1. The van der Waals surface area contributed by atoms with Gasteiger partial charge in [-0.2, -0.15) is 0 Å². The maximum atomic E-state index is 13.5. The van der Waals surface area contributed by atoms with Gasteiger partial charge in [-0.3, -0.25) is 14.5 Å². The highest BCUT2D eigenvalue weighted by Crippen LogP contribution is 2.43. The molecule has 1 aromatic heterocycles. The maximum absolute atomic E-state index is 13.5. The Hall–Kier alpha value is -3.83. The smallest absolute Gasteiger partial charge is 0.354 e. The summed E-state index contributed by atoms with van der Waals surface area (Å²) >= 11 is 0. The van der Waals surface area contributed by atoms with E-state index in [9.17, 15) is 19.5 Å². The normalized spacial score (nSPS) is 19.6. The Morgan fingerprint density at radius 2 is 1.76 bits per heavy atom. The van der Waals surface area contributed by atoms with E-state index in [-0.39, 0.29) is 29.1 Å². The van der Waals surface area contributed by atoms with Crippen LogP contribution in [0.15, 0.2) is 23.8 Å². The number of esters is 1. The number of aliphatic hydroxyl groups excluding tert-OH is 1. The molecule has 11 nitrogen and oxygen atoms in total. The van der Waals surface area contributed by atoms with Crippen molar-refractivity contribution in [2.24, 2.45) is 0 Å². The Bertz CT molecular complexity index is 1280. The van der Waals surface area contributed by atoms with E-state index in [1.807, 2.05) is 0 Å². The molecule has 0 bridgehead atoms. The number of hydrogen-bond acceptors (Lipinski definition) is 9. The Kier molecular flexibility index (Phi) is 8.08. The molecule has 2 aliphatic rings. The van der Waals surface area contributed by atoms with Gasteiger partial charge in [-0.25, -0.2) is 4.79 Å². The summed E-state index contributed by atoms with van der Waals surface area (Å²) in [5.41, 5.74) is 1.83. The molecule has 0 saturated carbocycles. The van der Waals surface area contributed by atoms with Crippen LogP contribution in [0.5, 0.6) is 11.5 Å². The van der Waals surface area contributed by atoms with Crippen molar-refractivity contribution in [1.82, 2.24) is 14.8 Å². The number of carbonyl (C=O) groups is 3. The zero-order chi connectivity index (χ0) is 27.6. The molecule has 2 aromatic rings. The maximum Gasteiger partial charge on any atom is 0.354 e. The number of ether oxygens (including phenoxy) is 4. The van der Waals surface area contributed by atoms with E-state index in [2.05, 4.69) is 9.88 Å². The fourth-order valence-electron chi connectivity index (χ4n) is 5.10. The molecule has 0 radical (unpaired) electrons. The number of benzene rings is 1. The zero-order valence-electron chi connectivity index (χ0n) is 22.3. The summed E-state index contributed by atoms with van der Waals surface area (Å²) in [4.78, 5) is 45.6. The molecule has 3 heterocycles. The quantitative estimate of drug-likeness (QED) is 0.230. The molecule has 0 spiro atoms. The summed E-state index contributed by atoms with van der Waals surface area (Å²) in [5.74, 6) is -1.57. The third kappa shape index (κ3) is 4.86. The van der Waals surface area contributed by atoms with Crippen molar-refractivity contribution in [2.45, 2.75) is 19.9 Å². The van der Waals surface area contributed by atoms with Gasteiger partial charge in [0.25, 0.3) is 11.7 Å². The van der Waals surface area contributed by atoms with Gasteiger partial charge in [0.05, 0.1) is 46.2 Å². The third-order valence-corrected chi connectivity index (χ3v) is 7.09. The first-order valence-corrected chi connectivity index (χ1v) is 12.3. The number of carbonyl (C=O) groups excluding carboxylic acids is 3. The predicted octanol–water partition coefficient (Wildman–Crippen LogP) is 2.19. The molecule has 38 heavy (non-hydrogen) atoms. The van der Waals surface area contributed by atoms with E-state index >= 15 is 0 Å². The van der Waals surface area contributed by atoms with Gasteiger partial charge in [-0.15, -0.1) is 0 Å². The largest absolute Gasteiger partial charge is 0.507 e. The average Bonchev–Trinajstić information content (AvgIpc) is 3.37. The first-order chi connectivity index (χ1) is 18.2. The monoisotopic (exact) mass is 527 g/mol. The van der Waals surface area contributed by atoms with E-state index in [0.717, 1.165) is 13.1 Å². The van der Waals surface area contributed by atoms with Gasteiger partial charge >= 0.3 is 5.97 Å². The second-order valence-electron chi connectivity index (χ2n) is 9.18. The molecule has 2 fully saturated rings. The lowest BCUT2D eigenvalue weighted by molar-refractivity contribution is -0.140. The van der Waals surface area contributed by atoms with Crippen molar-refractivity contribution in [3.8, 4) is 11.5 Å². The number of hydrogen-bond donors (Lipinski definition) is 2. The van der Waals surface area contributed by atoms with Crippen LogP contribution in [0.2, 0.25) is 0 Å². The topological polar surface area (TPSA) is 131 Å². The number of aromatic amines is 1. The van der Waals surface area contributed by atoms with Gasteiger partial charge in [-0.1, -0.05) is 6.07 Å². The van der Waals surface area contributed by atoms with Crippen molar-refractivity contribution in [2.75, 3.05) is 60.7 Å². The van der Waals surface area contributed by atoms with Crippen molar-refractivity contribution in [3.05, 3.63) is 51.9 Å². The highest BCUT2D eigenvalue weighted by Gasteiger charge is 2.46. The van der Waals surface area contributed by atoms with Crippen molar-refractivity contribution < 1.29 is 38.4 Å². The van der Waals surface area contributed by atoms with Crippen molar-refractivity contribution in [1.29, 1.82) is 0 Å². The highest BCUT2D eigenvalue weighted by molar-refractivity contribution is 6.46. The van der Waals surface area contributed by atoms with Crippen LogP contribution >= 0.6 is 0 Å². The molecule has 1 atom stereocenters. The first-order valence-electron chi connectivity index (χ1n) is 12.3. The van der Waals surface area contributed by atoms with E-state index < -0.39 is 23.7 Å². The van der Waals surface area contributed by atoms with Crippen LogP contribution in [0.3, 0.4) is 0 Å². The Balaban J connectivity index is 1.84. The number of aryl methyl sites for hydroxylation is 1. The van der Waals surface area contributed by atoms with Gasteiger partial charge in [0.2, 0.25) is 0 Å².